The molecule has 7 heteroatoms. The van der Waals surface area contributed by atoms with Crippen molar-refractivity contribution in [1.29, 1.82) is 5.26 Å². The summed E-state index contributed by atoms with van der Waals surface area (Å²) in [4.78, 5) is 11.0. The number of hydrogen-bond donors (Lipinski definition) is 1. The quantitative estimate of drug-likeness (QED) is 0.804. The van der Waals surface area contributed by atoms with Crippen LogP contribution in [0.4, 0.5) is 0 Å². The second-order valence-electron chi connectivity index (χ2n) is 4.74. The molecule has 0 aromatic heterocycles. The molecule has 0 atom stereocenters. The van der Waals surface area contributed by atoms with Crippen molar-refractivity contribution in [2.45, 2.75) is 44.1 Å². The maximum Gasteiger partial charge on any atom is 0.305 e. The van der Waals surface area contributed by atoms with Gasteiger partial charge >= 0.3 is 5.97 Å². The van der Waals surface area contributed by atoms with Crippen LogP contribution in [0, 0.1) is 11.3 Å². The van der Waals surface area contributed by atoms with Gasteiger partial charge in [-0.25, -0.2) is 8.42 Å². The highest BCUT2D eigenvalue weighted by atomic mass is 32.2. The third-order valence-electron chi connectivity index (χ3n) is 3.60. The number of carboxylic acid groups (broad SMARTS) is 1. The van der Waals surface area contributed by atoms with Crippen LogP contribution in [0.5, 0.6) is 0 Å². The number of carbonyl (C=O) groups is 1. The lowest BCUT2D eigenvalue weighted by atomic mass is 9.79. The normalized spacial score (nSPS) is 19.4. The van der Waals surface area contributed by atoms with Gasteiger partial charge in [0.25, 0.3) is 0 Å². The van der Waals surface area contributed by atoms with Crippen LogP contribution in [-0.2, 0) is 14.8 Å². The van der Waals surface area contributed by atoms with Crippen molar-refractivity contribution in [3.63, 3.8) is 0 Å². The van der Waals surface area contributed by atoms with Crippen LogP contribution >= 0.6 is 0 Å². The standard InChI is InChI=1S/C11H18N2O4S/c1-13(18(16,17)8-7-12)11(9-10(14)15)5-3-2-4-6-11/h2-6,8-9H2,1H3,(H,14,15). The van der Waals surface area contributed by atoms with Gasteiger partial charge in [-0.15, -0.1) is 0 Å². The summed E-state index contributed by atoms with van der Waals surface area (Å²) >= 11 is 0. The van der Waals surface area contributed by atoms with Crippen LogP contribution in [0.15, 0.2) is 0 Å². The summed E-state index contributed by atoms with van der Waals surface area (Å²) < 4.78 is 25.0. The van der Waals surface area contributed by atoms with Gasteiger partial charge in [-0.1, -0.05) is 19.3 Å². The van der Waals surface area contributed by atoms with Gasteiger partial charge < -0.3 is 5.11 Å². The molecule has 1 saturated carbocycles. The summed E-state index contributed by atoms with van der Waals surface area (Å²) in [6.07, 6.45) is 3.52. The lowest BCUT2D eigenvalue weighted by molar-refractivity contribution is -0.140. The first kappa shape index (κ1) is 14.9. The predicted octanol–water partition coefficient (Wildman–Crippen LogP) is 0.949. The predicted molar refractivity (Wildman–Crippen MR) is 65.2 cm³/mol. The summed E-state index contributed by atoms with van der Waals surface area (Å²) in [5, 5.41) is 17.5. The fourth-order valence-electron chi connectivity index (χ4n) is 2.57. The Hall–Kier alpha value is -1.13. The molecule has 6 nitrogen and oxygen atoms in total. The van der Waals surface area contributed by atoms with Crippen LogP contribution in [0.25, 0.3) is 0 Å². The van der Waals surface area contributed by atoms with Gasteiger partial charge in [0.1, 0.15) is 0 Å². The van der Waals surface area contributed by atoms with Crippen molar-refractivity contribution >= 4 is 16.0 Å². The van der Waals surface area contributed by atoms with E-state index in [0.717, 1.165) is 23.6 Å². The van der Waals surface area contributed by atoms with Gasteiger partial charge in [0.15, 0.2) is 5.75 Å². The van der Waals surface area contributed by atoms with Crippen LogP contribution in [0.3, 0.4) is 0 Å². The van der Waals surface area contributed by atoms with Gasteiger partial charge in [0.05, 0.1) is 12.5 Å². The Morgan fingerprint density at radius 1 is 1.39 bits per heavy atom. The van der Waals surface area contributed by atoms with E-state index in [-0.39, 0.29) is 6.42 Å². The van der Waals surface area contributed by atoms with E-state index in [2.05, 4.69) is 0 Å². The third kappa shape index (κ3) is 3.21. The molecule has 0 unspecified atom stereocenters. The molecular formula is C11H18N2O4S. The first-order valence-corrected chi connectivity index (χ1v) is 7.50. The Balaban J connectivity index is 3.03. The minimum absolute atomic E-state index is 0.200. The smallest absolute Gasteiger partial charge is 0.305 e. The van der Waals surface area contributed by atoms with Crippen molar-refractivity contribution in [2.24, 2.45) is 0 Å². The number of carboxylic acids is 1. The second-order valence-corrected chi connectivity index (χ2v) is 6.74. The van der Waals surface area contributed by atoms with E-state index >= 15 is 0 Å². The molecule has 0 aromatic rings. The number of nitriles is 1. The molecule has 1 rings (SSSR count). The van der Waals surface area contributed by atoms with E-state index in [1.807, 2.05) is 0 Å². The van der Waals surface area contributed by atoms with E-state index in [1.165, 1.54) is 7.05 Å². The molecule has 1 aliphatic carbocycles. The molecule has 0 bridgehead atoms. The number of nitrogens with zero attached hydrogens (tertiary/aromatic N) is 2. The number of sulfonamides is 1. The van der Waals surface area contributed by atoms with Gasteiger partial charge in [-0.3, -0.25) is 4.79 Å². The van der Waals surface area contributed by atoms with E-state index < -0.39 is 27.3 Å². The van der Waals surface area contributed by atoms with Gasteiger partial charge in [0, 0.05) is 12.6 Å². The van der Waals surface area contributed by atoms with Crippen LogP contribution in [-0.4, -0.2) is 42.1 Å². The van der Waals surface area contributed by atoms with E-state index in [1.54, 1.807) is 6.07 Å². The number of hydrogen-bond acceptors (Lipinski definition) is 4. The van der Waals surface area contributed by atoms with Crippen molar-refractivity contribution in [3.8, 4) is 6.07 Å². The Labute approximate surface area is 107 Å². The van der Waals surface area contributed by atoms with Crippen LogP contribution in [0.1, 0.15) is 38.5 Å². The average Bonchev–Trinajstić information content (AvgIpc) is 2.28. The molecule has 102 valence electrons. The molecule has 1 N–H and O–H groups in total. The van der Waals surface area contributed by atoms with E-state index in [4.69, 9.17) is 10.4 Å². The highest BCUT2D eigenvalue weighted by molar-refractivity contribution is 7.89. The fraction of sp³-hybridized carbons (Fsp3) is 0.818. The zero-order chi connectivity index (χ0) is 13.8. The minimum atomic E-state index is -3.71. The number of rotatable bonds is 5. The minimum Gasteiger partial charge on any atom is -0.481 e. The highest BCUT2D eigenvalue weighted by Crippen LogP contribution is 2.37. The largest absolute Gasteiger partial charge is 0.481 e. The maximum absolute atomic E-state index is 11.9. The molecule has 0 heterocycles. The van der Waals surface area contributed by atoms with E-state index in [9.17, 15) is 13.2 Å². The van der Waals surface area contributed by atoms with Gasteiger partial charge in [-0.05, 0) is 12.8 Å². The molecule has 0 aromatic carbocycles. The molecule has 1 fully saturated rings. The highest BCUT2D eigenvalue weighted by Gasteiger charge is 2.43. The van der Waals surface area contributed by atoms with Gasteiger partial charge in [0.2, 0.25) is 10.0 Å². The molecule has 0 radical (unpaired) electrons. The fourth-order valence-corrected chi connectivity index (χ4v) is 3.76. The summed E-state index contributed by atoms with van der Waals surface area (Å²) in [7, 11) is -2.32. The zero-order valence-electron chi connectivity index (χ0n) is 10.4. The topological polar surface area (TPSA) is 98.5 Å². The Morgan fingerprint density at radius 2 is 1.94 bits per heavy atom. The SMILES string of the molecule is CN(C1(CC(=O)O)CCCCC1)S(=O)(=O)CC#N. The first-order valence-electron chi connectivity index (χ1n) is 5.89. The number of aliphatic carboxylic acids is 1. The molecule has 0 spiro atoms. The van der Waals surface area contributed by atoms with E-state index in [0.29, 0.717) is 12.8 Å². The average molecular weight is 274 g/mol. The molecule has 0 saturated heterocycles. The Morgan fingerprint density at radius 3 is 2.39 bits per heavy atom. The molecule has 0 aliphatic heterocycles. The molecule has 0 amide bonds. The van der Waals surface area contributed by atoms with Crippen LogP contribution < -0.4 is 0 Å². The first-order chi connectivity index (χ1) is 8.34. The molecular weight excluding hydrogens is 256 g/mol. The summed E-state index contributed by atoms with van der Waals surface area (Å²) in [5.41, 5.74) is -0.861. The summed E-state index contributed by atoms with van der Waals surface area (Å²) in [6.45, 7) is 0. The lowest BCUT2D eigenvalue weighted by Crippen LogP contribution is -2.52. The zero-order valence-corrected chi connectivity index (χ0v) is 11.2. The maximum atomic E-state index is 11.9. The molecule has 1 aliphatic rings. The van der Waals surface area contributed by atoms with Crippen LogP contribution in [0.2, 0.25) is 0 Å². The van der Waals surface area contributed by atoms with Crippen molar-refractivity contribution in [1.82, 2.24) is 4.31 Å². The lowest BCUT2D eigenvalue weighted by Gasteiger charge is -2.42. The van der Waals surface area contributed by atoms with Gasteiger partial charge in [-0.2, -0.15) is 9.57 Å². The van der Waals surface area contributed by atoms with Crippen molar-refractivity contribution in [2.75, 3.05) is 12.8 Å². The summed E-state index contributed by atoms with van der Waals surface area (Å²) in [5.74, 6) is -1.61. The second kappa shape index (κ2) is 5.67. The summed E-state index contributed by atoms with van der Waals surface area (Å²) in [6, 6.07) is 1.62. The third-order valence-corrected chi connectivity index (χ3v) is 5.31. The molecule has 18 heavy (non-hydrogen) atoms. The van der Waals surface area contributed by atoms with Crippen molar-refractivity contribution in [3.05, 3.63) is 0 Å². The monoisotopic (exact) mass is 274 g/mol. The Bertz CT molecular complexity index is 446. The van der Waals surface area contributed by atoms with Crippen molar-refractivity contribution < 1.29 is 18.3 Å². The Kier molecular flexibility index (Phi) is 4.71.